The first-order valence-electron chi connectivity index (χ1n) is 7.95. The Morgan fingerprint density at radius 3 is 2.59 bits per heavy atom. The summed E-state index contributed by atoms with van der Waals surface area (Å²) >= 11 is 0. The SMILES string of the molecule is CN(Cc1cn[nH]c1)C1CCN(Cc2ccc(N)cc2)CC1. The Hall–Kier alpha value is -1.85. The predicted octanol–water partition coefficient (Wildman–Crippen LogP) is 2.09. The summed E-state index contributed by atoms with van der Waals surface area (Å²) < 4.78 is 0. The fraction of sp³-hybridized carbons (Fsp3) is 0.471. The summed E-state index contributed by atoms with van der Waals surface area (Å²) in [6.45, 7) is 4.31. The van der Waals surface area contributed by atoms with Gasteiger partial charge in [-0.25, -0.2) is 0 Å². The van der Waals surface area contributed by atoms with Crippen LogP contribution >= 0.6 is 0 Å². The van der Waals surface area contributed by atoms with Crippen LogP contribution in [0.15, 0.2) is 36.7 Å². The van der Waals surface area contributed by atoms with E-state index in [-0.39, 0.29) is 0 Å². The third-order valence-corrected chi connectivity index (χ3v) is 4.55. The van der Waals surface area contributed by atoms with Crippen LogP contribution in [0, 0.1) is 0 Å². The number of hydrogen-bond donors (Lipinski definition) is 2. The molecular weight excluding hydrogens is 274 g/mol. The first kappa shape index (κ1) is 15.1. The van der Waals surface area contributed by atoms with E-state index in [0.29, 0.717) is 6.04 Å². The van der Waals surface area contributed by atoms with Crippen molar-refractivity contribution in [3.05, 3.63) is 47.8 Å². The van der Waals surface area contributed by atoms with Crippen LogP contribution in [0.3, 0.4) is 0 Å². The maximum absolute atomic E-state index is 5.74. The quantitative estimate of drug-likeness (QED) is 0.830. The van der Waals surface area contributed by atoms with Crippen molar-refractivity contribution >= 4 is 5.69 Å². The van der Waals surface area contributed by atoms with E-state index >= 15 is 0 Å². The third kappa shape index (κ3) is 3.87. The van der Waals surface area contributed by atoms with Gasteiger partial charge in [0.05, 0.1) is 6.20 Å². The van der Waals surface area contributed by atoms with E-state index < -0.39 is 0 Å². The van der Waals surface area contributed by atoms with E-state index in [0.717, 1.165) is 31.9 Å². The molecule has 3 N–H and O–H groups in total. The van der Waals surface area contributed by atoms with Gasteiger partial charge >= 0.3 is 0 Å². The van der Waals surface area contributed by atoms with Gasteiger partial charge in [-0.3, -0.25) is 14.9 Å². The summed E-state index contributed by atoms with van der Waals surface area (Å²) in [7, 11) is 2.22. The lowest BCUT2D eigenvalue weighted by Crippen LogP contribution is -2.42. The van der Waals surface area contributed by atoms with E-state index in [1.807, 2.05) is 24.5 Å². The highest BCUT2D eigenvalue weighted by molar-refractivity contribution is 5.39. The minimum Gasteiger partial charge on any atom is -0.399 e. The molecule has 5 nitrogen and oxygen atoms in total. The predicted molar refractivity (Wildman–Crippen MR) is 89.2 cm³/mol. The van der Waals surface area contributed by atoms with Gasteiger partial charge in [0.1, 0.15) is 0 Å². The normalized spacial score (nSPS) is 17.2. The van der Waals surface area contributed by atoms with Crippen LogP contribution < -0.4 is 5.73 Å². The van der Waals surface area contributed by atoms with Crippen LogP contribution in [0.2, 0.25) is 0 Å². The van der Waals surface area contributed by atoms with E-state index in [1.165, 1.54) is 24.0 Å². The Labute approximate surface area is 132 Å². The van der Waals surface area contributed by atoms with E-state index in [4.69, 9.17) is 5.73 Å². The third-order valence-electron chi connectivity index (χ3n) is 4.55. The molecule has 0 saturated carbocycles. The number of aromatic nitrogens is 2. The molecule has 0 atom stereocenters. The van der Waals surface area contributed by atoms with Crippen molar-refractivity contribution in [1.82, 2.24) is 20.0 Å². The molecule has 0 bridgehead atoms. The lowest BCUT2D eigenvalue weighted by Gasteiger charge is -2.36. The average Bonchev–Trinajstić information content (AvgIpc) is 3.03. The summed E-state index contributed by atoms with van der Waals surface area (Å²) in [6.07, 6.45) is 6.34. The molecule has 1 fully saturated rings. The zero-order valence-electron chi connectivity index (χ0n) is 13.2. The van der Waals surface area contributed by atoms with Crippen LogP contribution in [-0.4, -0.2) is 46.2 Å². The average molecular weight is 299 g/mol. The molecule has 1 aromatic carbocycles. The Morgan fingerprint density at radius 1 is 1.23 bits per heavy atom. The van der Waals surface area contributed by atoms with Crippen LogP contribution in [0.25, 0.3) is 0 Å². The molecule has 0 amide bonds. The second-order valence-corrected chi connectivity index (χ2v) is 6.27. The minimum atomic E-state index is 0.664. The van der Waals surface area contributed by atoms with Crippen LogP contribution in [0.4, 0.5) is 5.69 Å². The highest BCUT2D eigenvalue weighted by Gasteiger charge is 2.22. The number of anilines is 1. The monoisotopic (exact) mass is 299 g/mol. The molecule has 1 aliphatic heterocycles. The highest BCUT2D eigenvalue weighted by atomic mass is 15.2. The smallest absolute Gasteiger partial charge is 0.0532 e. The Balaban J connectivity index is 1.46. The maximum Gasteiger partial charge on any atom is 0.0532 e. The molecule has 22 heavy (non-hydrogen) atoms. The van der Waals surface area contributed by atoms with Gasteiger partial charge in [-0.15, -0.1) is 0 Å². The molecule has 118 valence electrons. The van der Waals surface area contributed by atoms with Crippen molar-refractivity contribution in [1.29, 1.82) is 0 Å². The molecule has 2 aromatic rings. The van der Waals surface area contributed by atoms with Gasteiger partial charge in [-0.05, 0) is 50.7 Å². The standard InChI is InChI=1S/C17H25N5/c1-21(12-15-10-19-20-11-15)17-6-8-22(9-7-17)13-14-2-4-16(18)5-3-14/h2-5,10-11,17H,6-9,12-13,18H2,1H3,(H,19,20). The highest BCUT2D eigenvalue weighted by Crippen LogP contribution is 2.19. The molecule has 1 aliphatic rings. The lowest BCUT2D eigenvalue weighted by atomic mass is 10.0. The van der Waals surface area contributed by atoms with Crippen molar-refractivity contribution < 1.29 is 0 Å². The molecular formula is C17H25N5. The number of nitrogens with zero attached hydrogens (tertiary/aromatic N) is 3. The van der Waals surface area contributed by atoms with Gasteiger partial charge in [0.2, 0.25) is 0 Å². The molecule has 1 aromatic heterocycles. The molecule has 1 saturated heterocycles. The second-order valence-electron chi connectivity index (χ2n) is 6.27. The van der Waals surface area contributed by atoms with Crippen molar-refractivity contribution in [3.63, 3.8) is 0 Å². The van der Waals surface area contributed by atoms with Crippen LogP contribution in [0.1, 0.15) is 24.0 Å². The van der Waals surface area contributed by atoms with Gasteiger partial charge in [0.25, 0.3) is 0 Å². The number of nitrogens with two attached hydrogens (primary N) is 1. The zero-order chi connectivity index (χ0) is 15.4. The van der Waals surface area contributed by atoms with Crippen molar-refractivity contribution in [2.75, 3.05) is 25.9 Å². The number of likely N-dealkylation sites (tertiary alicyclic amines) is 1. The Morgan fingerprint density at radius 2 is 1.95 bits per heavy atom. The number of rotatable bonds is 5. The molecule has 2 heterocycles. The summed E-state index contributed by atoms with van der Waals surface area (Å²) in [4.78, 5) is 4.99. The van der Waals surface area contributed by atoms with Crippen molar-refractivity contribution in [2.45, 2.75) is 32.0 Å². The minimum absolute atomic E-state index is 0.664. The van der Waals surface area contributed by atoms with Crippen molar-refractivity contribution in [2.24, 2.45) is 0 Å². The number of benzene rings is 1. The van der Waals surface area contributed by atoms with Gasteiger partial charge in [0, 0.05) is 36.6 Å². The first-order chi connectivity index (χ1) is 10.7. The van der Waals surface area contributed by atoms with E-state index in [9.17, 15) is 0 Å². The maximum atomic E-state index is 5.74. The number of H-pyrrole nitrogens is 1. The summed E-state index contributed by atoms with van der Waals surface area (Å²) in [5, 5.41) is 6.90. The summed E-state index contributed by atoms with van der Waals surface area (Å²) in [6, 6.07) is 8.90. The van der Waals surface area contributed by atoms with Gasteiger partial charge in [-0.1, -0.05) is 12.1 Å². The Bertz CT molecular complexity index is 555. The summed E-state index contributed by atoms with van der Waals surface area (Å²) in [5.74, 6) is 0. The Kier molecular flexibility index (Phi) is 4.75. The number of piperidine rings is 1. The number of hydrogen-bond acceptors (Lipinski definition) is 4. The summed E-state index contributed by atoms with van der Waals surface area (Å²) in [5.41, 5.74) is 9.18. The fourth-order valence-electron chi connectivity index (χ4n) is 3.18. The molecule has 0 aliphatic carbocycles. The van der Waals surface area contributed by atoms with E-state index in [1.54, 1.807) is 0 Å². The van der Waals surface area contributed by atoms with Crippen LogP contribution in [0.5, 0.6) is 0 Å². The number of nitrogen functional groups attached to an aromatic ring is 1. The van der Waals surface area contributed by atoms with Gasteiger partial charge in [0.15, 0.2) is 0 Å². The second kappa shape index (κ2) is 6.94. The fourth-order valence-corrected chi connectivity index (χ4v) is 3.18. The lowest BCUT2D eigenvalue weighted by molar-refractivity contribution is 0.119. The van der Waals surface area contributed by atoms with Crippen molar-refractivity contribution in [3.8, 4) is 0 Å². The number of nitrogens with one attached hydrogen (secondary N) is 1. The molecule has 3 rings (SSSR count). The first-order valence-corrected chi connectivity index (χ1v) is 7.95. The zero-order valence-corrected chi connectivity index (χ0v) is 13.2. The van der Waals surface area contributed by atoms with Gasteiger partial charge in [-0.2, -0.15) is 5.10 Å². The molecule has 5 heteroatoms. The topological polar surface area (TPSA) is 61.2 Å². The number of aromatic amines is 1. The van der Waals surface area contributed by atoms with Crippen LogP contribution in [-0.2, 0) is 13.1 Å². The molecule has 0 unspecified atom stereocenters. The van der Waals surface area contributed by atoms with Gasteiger partial charge < -0.3 is 5.73 Å². The molecule has 0 radical (unpaired) electrons. The van der Waals surface area contributed by atoms with E-state index in [2.05, 4.69) is 39.2 Å². The largest absolute Gasteiger partial charge is 0.399 e. The molecule has 0 spiro atoms.